The molecule has 4 heteroatoms. The fourth-order valence-electron chi connectivity index (χ4n) is 2.95. The number of hydrogen-bond donors (Lipinski definition) is 2. The minimum Gasteiger partial charge on any atom is -0.493 e. The van der Waals surface area contributed by atoms with Gasteiger partial charge in [-0.3, -0.25) is 0 Å². The van der Waals surface area contributed by atoms with E-state index >= 15 is 0 Å². The second kappa shape index (κ2) is 5.26. The molecule has 0 saturated carbocycles. The molecule has 0 aromatic heterocycles. The van der Waals surface area contributed by atoms with Gasteiger partial charge in [0.1, 0.15) is 17.1 Å². The van der Waals surface area contributed by atoms with Crippen LogP contribution in [0.3, 0.4) is 0 Å². The molecular formula is C16H23NO3. The highest BCUT2D eigenvalue weighted by atomic mass is 16.5. The quantitative estimate of drug-likeness (QED) is 0.890. The summed E-state index contributed by atoms with van der Waals surface area (Å²) in [5.74, 6) is 2.07. The van der Waals surface area contributed by atoms with Gasteiger partial charge in [0.25, 0.3) is 0 Å². The van der Waals surface area contributed by atoms with Crippen molar-refractivity contribution in [2.45, 2.75) is 38.4 Å². The Kier molecular flexibility index (Phi) is 3.61. The second-order valence-electron chi connectivity index (χ2n) is 6.34. The lowest BCUT2D eigenvalue weighted by atomic mass is 9.88. The number of rotatable bonds is 3. The van der Waals surface area contributed by atoms with Gasteiger partial charge in [0.05, 0.1) is 12.7 Å². The molecule has 20 heavy (non-hydrogen) atoms. The van der Waals surface area contributed by atoms with E-state index in [1.807, 2.05) is 18.2 Å². The lowest BCUT2D eigenvalue weighted by Gasteiger charge is -2.37. The first-order chi connectivity index (χ1) is 9.58. The third-order valence-electron chi connectivity index (χ3n) is 4.02. The third kappa shape index (κ3) is 2.63. The molecule has 0 aliphatic carbocycles. The molecule has 1 fully saturated rings. The Morgan fingerprint density at radius 1 is 1.50 bits per heavy atom. The van der Waals surface area contributed by atoms with Crippen LogP contribution in [0.4, 0.5) is 0 Å². The van der Waals surface area contributed by atoms with E-state index in [1.165, 1.54) is 0 Å². The molecule has 0 radical (unpaired) electrons. The molecule has 1 saturated heterocycles. The zero-order valence-corrected chi connectivity index (χ0v) is 12.2. The molecule has 1 spiro atoms. The largest absolute Gasteiger partial charge is 0.493 e. The predicted molar refractivity (Wildman–Crippen MR) is 77.2 cm³/mol. The van der Waals surface area contributed by atoms with E-state index in [9.17, 15) is 5.11 Å². The summed E-state index contributed by atoms with van der Waals surface area (Å²) in [6, 6.07) is 5.75. The minimum absolute atomic E-state index is 0.247. The van der Waals surface area contributed by atoms with Gasteiger partial charge in [-0.25, -0.2) is 0 Å². The summed E-state index contributed by atoms with van der Waals surface area (Å²) in [7, 11) is 0. The summed E-state index contributed by atoms with van der Waals surface area (Å²) in [4.78, 5) is 0. The molecule has 4 nitrogen and oxygen atoms in total. The first-order valence-corrected chi connectivity index (χ1v) is 7.42. The molecular weight excluding hydrogens is 254 g/mol. The molecule has 2 aliphatic heterocycles. The van der Waals surface area contributed by atoms with Crippen LogP contribution in [0.25, 0.3) is 0 Å². The standard InChI is InChI=1S/C16H23NO3/c1-11(2)9-19-12-3-4-13-14(18)8-16(5-6-17-10-16)20-15(13)7-12/h3-4,7,11,14,17-18H,5-6,8-10H2,1-2H3. The van der Waals surface area contributed by atoms with Gasteiger partial charge in [-0.05, 0) is 24.6 Å². The molecule has 2 atom stereocenters. The predicted octanol–water partition coefficient (Wildman–Crippen LogP) is 2.27. The van der Waals surface area contributed by atoms with Crippen molar-refractivity contribution < 1.29 is 14.6 Å². The molecule has 2 N–H and O–H groups in total. The van der Waals surface area contributed by atoms with Crippen molar-refractivity contribution in [3.8, 4) is 11.5 Å². The van der Waals surface area contributed by atoms with E-state index in [0.29, 0.717) is 18.9 Å². The number of fused-ring (bicyclic) bond motifs is 1. The van der Waals surface area contributed by atoms with Gasteiger partial charge < -0.3 is 19.9 Å². The second-order valence-corrected chi connectivity index (χ2v) is 6.34. The molecule has 110 valence electrons. The monoisotopic (exact) mass is 277 g/mol. The van der Waals surface area contributed by atoms with Crippen molar-refractivity contribution in [2.24, 2.45) is 5.92 Å². The molecule has 1 aromatic rings. The van der Waals surface area contributed by atoms with Crippen molar-refractivity contribution in [3.05, 3.63) is 23.8 Å². The Balaban J connectivity index is 1.82. The summed E-state index contributed by atoms with van der Waals surface area (Å²) < 4.78 is 11.9. The van der Waals surface area contributed by atoms with Gasteiger partial charge in [0.2, 0.25) is 0 Å². The average molecular weight is 277 g/mol. The molecule has 2 aliphatic rings. The molecule has 0 bridgehead atoms. The van der Waals surface area contributed by atoms with Crippen molar-refractivity contribution in [2.75, 3.05) is 19.7 Å². The molecule has 3 rings (SSSR count). The Bertz CT molecular complexity index is 481. The highest BCUT2D eigenvalue weighted by molar-refractivity contribution is 5.44. The maximum absolute atomic E-state index is 10.3. The van der Waals surface area contributed by atoms with Gasteiger partial charge in [0.15, 0.2) is 0 Å². The zero-order chi connectivity index (χ0) is 14.2. The van der Waals surface area contributed by atoms with E-state index in [0.717, 1.165) is 36.6 Å². The number of ether oxygens (including phenoxy) is 2. The number of hydrogen-bond acceptors (Lipinski definition) is 4. The summed E-state index contributed by atoms with van der Waals surface area (Å²) in [5.41, 5.74) is 0.628. The lowest BCUT2D eigenvalue weighted by molar-refractivity contribution is -0.000533. The van der Waals surface area contributed by atoms with Crippen molar-refractivity contribution in [1.82, 2.24) is 5.32 Å². The Labute approximate surface area is 120 Å². The summed E-state index contributed by atoms with van der Waals surface area (Å²) >= 11 is 0. The fraction of sp³-hybridized carbons (Fsp3) is 0.625. The molecule has 0 amide bonds. The number of benzene rings is 1. The van der Waals surface area contributed by atoms with Gasteiger partial charge in [-0.2, -0.15) is 0 Å². The smallest absolute Gasteiger partial charge is 0.129 e. The normalized spacial score (nSPS) is 28.5. The third-order valence-corrected chi connectivity index (χ3v) is 4.02. The van der Waals surface area contributed by atoms with E-state index in [1.54, 1.807) is 0 Å². The first kappa shape index (κ1) is 13.7. The number of aliphatic hydroxyl groups excluding tert-OH is 1. The van der Waals surface area contributed by atoms with Crippen LogP contribution in [0.1, 0.15) is 38.4 Å². The van der Waals surface area contributed by atoms with Crippen LogP contribution in [-0.2, 0) is 0 Å². The van der Waals surface area contributed by atoms with Gasteiger partial charge >= 0.3 is 0 Å². The fourth-order valence-corrected chi connectivity index (χ4v) is 2.95. The summed E-state index contributed by atoms with van der Waals surface area (Å²) in [6.45, 7) is 6.69. The zero-order valence-electron chi connectivity index (χ0n) is 12.2. The van der Waals surface area contributed by atoms with Crippen LogP contribution in [0.5, 0.6) is 11.5 Å². The maximum Gasteiger partial charge on any atom is 0.129 e. The van der Waals surface area contributed by atoms with E-state index in [4.69, 9.17) is 9.47 Å². The minimum atomic E-state index is -0.446. The first-order valence-electron chi connectivity index (χ1n) is 7.42. The van der Waals surface area contributed by atoms with Crippen molar-refractivity contribution in [3.63, 3.8) is 0 Å². The number of aliphatic hydroxyl groups is 1. The molecule has 2 unspecified atom stereocenters. The van der Waals surface area contributed by atoms with Crippen LogP contribution in [0.15, 0.2) is 18.2 Å². The van der Waals surface area contributed by atoms with Crippen LogP contribution in [-0.4, -0.2) is 30.4 Å². The average Bonchev–Trinajstić information content (AvgIpc) is 2.83. The van der Waals surface area contributed by atoms with E-state index in [2.05, 4.69) is 19.2 Å². The topological polar surface area (TPSA) is 50.7 Å². The van der Waals surface area contributed by atoms with Gasteiger partial charge in [-0.15, -0.1) is 0 Å². The summed E-state index contributed by atoms with van der Waals surface area (Å²) in [5, 5.41) is 13.7. The highest BCUT2D eigenvalue weighted by Gasteiger charge is 2.42. The number of nitrogens with one attached hydrogen (secondary N) is 1. The maximum atomic E-state index is 10.3. The lowest BCUT2D eigenvalue weighted by Crippen LogP contribution is -2.42. The van der Waals surface area contributed by atoms with Crippen LogP contribution >= 0.6 is 0 Å². The van der Waals surface area contributed by atoms with Crippen LogP contribution in [0, 0.1) is 5.92 Å². The SMILES string of the molecule is CC(C)COc1ccc2c(c1)OC1(CCNC1)CC2O. The Morgan fingerprint density at radius 2 is 2.35 bits per heavy atom. The van der Waals surface area contributed by atoms with Gasteiger partial charge in [-0.1, -0.05) is 13.8 Å². The van der Waals surface area contributed by atoms with E-state index < -0.39 is 6.10 Å². The molecule has 2 heterocycles. The van der Waals surface area contributed by atoms with Gasteiger partial charge in [0, 0.05) is 31.0 Å². The van der Waals surface area contributed by atoms with Crippen LogP contribution in [0.2, 0.25) is 0 Å². The van der Waals surface area contributed by atoms with Crippen LogP contribution < -0.4 is 14.8 Å². The summed E-state index contributed by atoms with van der Waals surface area (Å²) in [6.07, 6.45) is 1.16. The Morgan fingerprint density at radius 3 is 3.05 bits per heavy atom. The highest BCUT2D eigenvalue weighted by Crippen LogP contribution is 2.43. The molecule has 1 aromatic carbocycles. The van der Waals surface area contributed by atoms with Crippen molar-refractivity contribution >= 4 is 0 Å². The van der Waals surface area contributed by atoms with E-state index in [-0.39, 0.29) is 5.60 Å². The van der Waals surface area contributed by atoms with Crippen molar-refractivity contribution in [1.29, 1.82) is 0 Å². The Hall–Kier alpha value is -1.26.